The third-order valence-electron chi connectivity index (χ3n) is 4.99. The molecular formula is C20H30ClN5O3. The van der Waals surface area contributed by atoms with Gasteiger partial charge in [0.15, 0.2) is 5.69 Å². The van der Waals surface area contributed by atoms with Crippen molar-refractivity contribution in [2.24, 2.45) is 0 Å². The predicted octanol–water partition coefficient (Wildman–Crippen LogP) is 3.37. The molecule has 2 N–H and O–H groups in total. The van der Waals surface area contributed by atoms with Crippen LogP contribution in [0, 0.1) is 6.92 Å². The van der Waals surface area contributed by atoms with Gasteiger partial charge >= 0.3 is 0 Å². The molecule has 0 aliphatic carbocycles. The van der Waals surface area contributed by atoms with Crippen LogP contribution in [0.1, 0.15) is 54.8 Å². The Morgan fingerprint density at radius 3 is 2.79 bits per heavy atom. The summed E-state index contributed by atoms with van der Waals surface area (Å²) in [5.41, 5.74) is 1.68. The lowest BCUT2D eigenvalue weighted by Gasteiger charge is -2.23. The number of halogens is 1. The predicted molar refractivity (Wildman–Crippen MR) is 114 cm³/mol. The molecule has 1 aromatic heterocycles. The van der Waals surface area contributed by atoms with E-state index in [2.05, 4.69) is 27.9 Å². The van der Waals surface area contributed by atoms with Crippen LogP contribution in [-0.4, -0.2) is 47.7 Å². The summed E-state index contributed by atoms with van der Waals surface area (Å²) in [7, 11) is 1.59. The van der Waals surface area contributed by atoms with Crippen molar-refractivity contribution in [3.63, 3.8) is 0 Å². The Morgan fingerprint density at radius 2 is 2.10 bits per heavy atom. The summed E-state index contributed by atoms with van der Waals surface area (Å²) in [6.07, 6.45) is 3.95. The lowest BCUT2D eigenvalue weighted by molar-refractivity contribution is 0.102. The van der Waals surface area contributed by atoms with Gasteiger partial charge in [-0.3, -0.25) is 4.79 Å². The van der Waals surface area contributed by atoms with Crippen molar-refractivity contribution in [2.75, 3.05) is 32.1 Å². The Labute approximate surface area is 177 Å². The molecule has 2 aromatic rings. The zero-order valence-electron chi connectivity index (χ0n) is 17.2. The fraction of sp³-hybridized carbons (Fsp3) is 0.550. The number of nitrogens with one attached hydrogen (secondary N) is 2. The summed E-state index contributed by atoms with van der Waals surface area (Å²) < 4.78 is 13.0. The van der Waals surface area contributed by atoms with Crippen molar-refractivity contribution in [2.45, 2.75) is 45.6 Å². The molecule has 1 aliphatic rings. The summed E-state index contributed by atoms with van der Waals surface area (Å²) in [6, 6.07) is 5.66. The summed E-state index contributed by atoms with van der Waals surface area (Å²) >= 11 is 0. The number of hydrogen-bond acceptors (Lipinski definition) is 6. The van der Waals surface area contributed by atoms with E-state index < -0.39 is 0 Å². The largest absolute Gasteiger partial charge is 0.497 e. The number of nitrogens with zero attached hydrogens (tertiary/aromatic N) is 3. The molecule has 0 saturated carbocycles. The molecule has 0 bridgehead atoms. The second kappa shape index (κ2) is 11.0. The van der Waals surface area contributed by atoms with Crippen LogP contribution in [0.2, 0.25) is 0 Å². The first kappa shape index (κ1) is 23.0. The van der Waals surface area contributed by atoms with Crippen LogP contribution in [0.25, 0.3) is 0 Å². The topological polar surface area (TPSA) is 90.3 Å². The van der Waals surface area contributed by atoms with E-state index in [9.17, 15) is 4.79 Å². The van der Waals surface area contributed by atoms with E-state index in [1.54, 1.807) is 13.2 Å². The minimum absolute atomic E-state index is 0. The van der Waals surface area contributed by atoms with E-state index in [-0.39, 0.29) is 24.4 Å². The molecule has 1 aromatic carbocycles. The number of ether oxygens (including phenoxy) is 2. The number of carbonyl (C=O) groups is 1. The van der Waals surface area contributed by atoms with Gasteiger partial charge in [0.1, 0.15) is 11.5 Å². The molecule has 0 spiro atoms. The van der Waals surface area contributed by atoms with E-state index in [4.69, 9.17) is 9.47 Å². The van der Waals surface area contributed by atoms with Crippen LogP contribution < -0.4 is 20.1 Å². The van der Waals surface area contributed by atoms with Gasteiger partial charge in [0.2, 0.25) is 0 Å². The summed E-state index contributed by atoms with van der Waals surface area (Å²) in [5.74, 6) is 0.963. The minimum Gasteiger partial charge on any atom is -0.497 e. The monoisotopic (exact) mass is 423 g/mol. The normalized spacial score (nSPS) is 14.2. The standard InChI is InChI=1S/C20H29N5O3.ClH/c1-4-5-12-28-18-7-6-16(27-3)13-17(18)22-20(26)19-14(2)25(24-23-19)15-8-10-21-11-9-15;/h6-7,13,15,21H,4-5,8-12H2,1-3H3,(H,22,26);1H. The van der Waals surface area contributed by atoms with Crippen LogP contribution in [0.3, 0.4) is 0 Å². The van der Waals surface area contributed by atoms with Crippen molar-refractivity contribution >= 4 is 24.0 Å². The van der Waals surface area contributed by atoms with Gasteiger partial charge in [-0.05, 0) is 51.4 Å². The fourth-order valence-electron chi connectivity index (χ4n) is 3.32. The highest BCUT2D eigenvalue weighted by Gasteiger charge is 2.23. The van der Waals surface area contributed by atoms with Gasteiger partial charge in [-0.15, -0.1) is 17.5 Å². The molecule has 3 rings (SSSR count). The number of rotatable bonds is 8. The number of methoxy groups -OCH3 is 1. The van der Waals surface area contributed by atoms with Crippen molar-refractivity contribution in [3.8, 4) is 11.5 Å². The second-order valence-corrected chi connectivity index (χ2v) is 6.97. The zero-order valence-corrected chi connectivity index (χ0v) is 18.1. The first-order chi connectivity index (χ1) is 13.6. The van der Waals surface area contributed by atoms with Gasteiger partial charge < -0.3 is 20.1 Å². The van der Waals surface area contributed by atoms with Crippen LogP contribution in [-0.2, 0) is 0 Å². The Hall–Kier alpha value is -2.32. The Kier molecular flexibility index (Phi) is 8.72. The molecule has 1 aliphatic heterocycles. The van der Waals surface area contributed by atoms with Gasteiger partial charge in [-0.2, -0.15) is 0 Å². The fourth-order valence-corrected chi connectivity index (χ4v) is 3.32. The smallest absolute Gasteiger partial charge is 0.278 e. The average molecular weight is 424 g/mol. The third kappa shape index (κ3) is 5.61. The molecule has 1 saturated heterocycles. The average Bonchev–Trinajstić information content (AvgIpc) is 3.11. The maximum absolute atomic E-state index is 12.9. The number of hydrogen-bond donors (Lipinski definition) is 2. The van der Waals surface area contributed by atoms with Crippen molar-refractivity contribution in [3.05, 3.63) is 29.6 Å². The highest BCUT2D eigenvalue weighted by Crippen LogP contribution is 2.30. The molecule has 160 valence electrons. The summed E-state index contributed by atoms with van der Waals surface area (Å²) in [6.45, 7) is 6.49. The highest BCUT2D eigenvalue weighted by molar-refractivity contribution is 6.04. The highest BCUT2D eigenvalue weighted by atomic mass is 35.5. The molecule has 9 heteroatoms. The number of aromatic nitrogens is 3. The van der Waals surface area contributed by atoms with Gasteiger partial charge in [0, 0.05) is 6.07 Å². The summed E-state index contributed by atoms with van der Waals surface area (Å²) in [4.78, 5) is 12.9. The van der Waals surface area contributed by atoms with E-state index in [0.717, 1.165) is 44.5 Å². The lowest BCUT2D eigenvalue weighted by atomic mass is 10.1. The quantitative estimate of drug-likeness (QED) is 0.632. The van der Waals surface area contributed by atoms with E-state index >= 15 is 0 Å². The zero-order chi connectivity index (χ0) is 19.9. The number of amides is 1. The van der Waals surface area contributed by atoms with Crippen molar-refractivity contribution in [1.29, 1.82) is 0 Å². The minimum atomic E-state index is -0.300. The first-order valence-corrected chi connectivity index (χ1v) is 9.88. The van der Waals surface area contributed by atoms with E-state index in [1.807, 2.05) is 23.7 Å². The Balaban J connectivity index is 0.00000300. The molecule has 1 amide bonds. The number of anilines is 1. The molecule has 1 fully saturated rings. The van der Waals surface area contributed by atoms with Gasteiger partial charge in [0.05, 0.1) is 31.1 Å². The van der Waals surface area contributed by atoms with E-state index in [0.29, 0.717) is 29.5 Å². The molecule has 2 heterocycles. The third-order valence-corrected chi connectivity index (χ3v) is 4.99. The van der Waals surface area contributed by atoms with E-state index in [1.165, 1.54) is 0 Å². The molecule has 0 unspecified atom stereocenters. The van der Waals surface area contributed by atoms with Crippen LogP contribution >= 0.6 is 12.4 Å². The number of unbranched alkanes of at least 4 members (excludes halogenated alkanes) is 1. The Bertz CT molecular complexity index is 805. The van der Waals surface area contributed by atoms with Crippen molar-refractivity contribution in [1.82, 2.24) is 20.3 Å². The lowest BCUT2D eigenvalue weighted by Crippen LogP contribution is -2.30. The molecule has 29 heavy (non-hydrogen) atoms. The first-order valence-electron chi connectivity index (χ1n) is 9.88. The second-order valence-electron chi connectivity index (χ2n) is 6.97. The van der Waals surface area contributed by atoms with Crippen LogP contribution in [0.5, 0.6) is 11.5 Å². The maximum Gasteiger partial charge on any atom is 0.278 e. The van der Waals surface area contributed by atoms with Gasteiger partial charge in [-0.1, -0.05) is 18.6 Å². The molecule has 8 nitrogen and oxygen atoms in total. The SMILES string of the molecule is CCCCOc1ccc(OC)cc1NC(=O)c1nnn(C2CCNCC2)c1C.Cl. The van der Waals surface area contributed by atoms with Crippen molar-refractivity contribution < 1.29 is 14.3 Å². The number of carbonyl (C=O) groups excluding carboxylic acids is 1. The van der Waals surface area contributed by atoms with Crippen LogP contribution in [0.4, 0.5) is 5.69 Å². The number of benzene rings is 1. The number of piperidine rings is 1. The van der Waals surface area contributed by atoms with Gasteiger partial charge in [-0.25, -0.2) is 4.68 Å². The molecule has 0 atom stereocenters. The van der Waals surface area contributed by atoms with Gasteiger partial charge in [0.25, 0.3) is 5.91 Å². The Morgan fingerprint density at radius 1 is 1.34 bits per heavy atom. The maximum atomic E-state index is 12.9. The summed E-state index contributed by atoms with van der Waals surface area (Å²) in [5, 5.41) is 14.6. The molecule has 0 radical (unpaired) electrons. The molecular weight excluding hydrogens is 394 g/mol. The van der Waals surface area contributed by atoms with Crippen LogP contribution in [0.15, 0.2) is 18.2 Å².